The zero-order valence-electron chi connectivity index (χ0n) is 12.5. The zero-order chi connectivity index (χ0) is 15.3. The van der Waals surface area contributed by atoms with Gasteiger partial charge in [-0.05, 0) is 45.4 Å². The van der Waals surface area contributed by atoms with Gasteiger partial charge in [0.15, 0.2) is 0 Å². The number of carbonyl (C=O) groups excluding carboxylic acids is 1. The Bertz CT molecular complexity index is 446. The standard InChI is InChI=1S/C15H24N2O3/c1-10(11-7-12(18)9-13(19)8-11)16-6-5-14(20)17-15(2,3)4/h7-10,16,18-19H,5-6H2,1-4H3,(H,17,20). The highest BCUT2D eigenvalue weighted by Crippen LogP contribution is 2.24. The highest BCUT2D eigenvalue weighted by Gasteiger charge is 2.14. The van der Waals surface area contributed by atoms with Gasteiger partial charge in [-0.15, -0.1) is 0 Å². The van der Waals surface area contributed by atoms with Crippen LogP contribution in [0.15, 0.2) is 18.2 Å². The first kappa shape index (κ1) is 16.3. The van der Waals surface area contributed by atoms with Crippen molar-refractivity contribution in [2.45, 2.75) is 45.7 Å². The van der Waals surface area contributed by atoms with Crippen LogP contribution < -0.4 is 10.6 Å². The average Bonchev–Trinajstić information content (AvgIpc) is 2.24. The number of benzene rings is 1. The maximum absolute atomic E-state index is 11.7. The number of aromatic hydroxyl groups is 2. The molecular formula is C15H24N2O3. The quantitative estimate of drug-likeness (QED) is 0.665. The lowest BCUT2D eigenvalue weighted by Gasteiger charge is -2.21. The van der Waals surface area contributed by atoms with E-state index in [9.17, 15) is 15.0 Å². The van der Waals surface area contributed by atoms with Crippen LogP contribution in [0.1, 0.15) is 45.7 Å². The Morgan fingerprint density at radius 3 is 2.25 bits per heavy atom. The third-order valence-corrected chi connectivity index (χ3v) is 2.74. The number of amides is 1. The first-order valence-corrected chi connectivity index (χ1v) is 6.75. The van der Waals surface area contributed by atoms with Crippen molar-refractivity contribution in [3.8, 4) is 11.5 Å². The molecule has 0 bridgehead atoms. The summed E-state index contributed by atoms with van der Waals surface area (Å²) in [7, 11) is 0. The van der Waals surface area contributed by atoms with Crippen LogP contribution in [0.4, 0.5) is 0 Å². The Kier molecular flexibility index (Phi) is 5.39. The fraction of sp³-hybridized carbons (Fsp3) is 0.533. The van der Waals surface area contributed by atoms with Crippen LogP contribution in [0.3, 0.4) is 0 Å². The minimum absolute atomic E-state index is 0.00374. The maximum atomic E-state index is 11.7. The third kappa shape index (κ3) is 5.93. The van der Waals surface area contributed by atoms with Gasteiger partial charge in [0.2, 0.25) is 5.91 Å². The van der Waals surface area contributed by atoms with Crippen LogP contribution in [0.2, 0.25) is 0 Å². The van der Waals surface area contributed by atoms with Gasteiger partial charge in [-0.1, -0.05) is 0 Å². The van der Waals surface area contributed by atoms with Crippen LogP contribution >= 0.6 is 0 Å². The Morgan fingerprint density at radius 2 is 1.75 bits per heavy atom. The van der Waals surface area contributed by atoms with E-state index in [-0.39, 0.29) is 29.0 Å². The number of phenols is 2. The molecule has 1 rings (SSSR count). The van der Waals surface area contributed by atoms with Crippen LogP contribution in [-0.2, 0) is 4.79 Å². The van der Waals surface area contributed by atoms with Gasteiger partial charge in [0.25, 0.3) is 0 Å². The Hall–Kier alpha value is -1.75. The predicted octanol–water partition coefficient (Wildman–Crippen LogP) is 2.05. The molecule has 20 heavy (non-hydrogen) atoms. The molecule has 0 aliphatic rings. The molecule has 0 aliphatic carbocycles. The summed E-state index contributed by atoms with van der Waals surface area (Å²) >= 11 is 0. The second kappa shape index (κ2) is 6.61. The summed E-state index contributed by atoms with van der Waals surface area (Å²) in [6, 6.07) is 4.40. The van der Waals surface area contributed by atoms with Gasteiger partial charge >= 0.3 is 0 Å². The molecule has 0 aliphatic heterocycles. The second-order valence-electron chi connectivity index (χ2n) is 6.01. The molecular weight excluding hydrogens is 256 g/mol. The first-order chi connectivity index (χ1) is 9.17. The largest absolute Gasteiger partial charge is 0.508 e. The van der Waals surface area contributed by atoms with Gasteiger partial charge in [0.05, 0.1) is 0 Å². The first-order valence-electron chi connectivity index (χ1n) is 6.75. The van der Waals surface area contributed by atoms with Gasteiger partial charge in [0, 0.05) is 30.6 Å². The molecule has 0 saturated carbocycles. The van der Waals surface area contributed by atoms with Crippen molar-refractivity contribution < 1.29 is 15.0 Å². The lowest BCUT2D eigenvalue weighted by molar-refractivity contribution is -0.122. The molecule has 0 fully saturated rings. The normalized spacial score (nSPS) is 13.0. The number of hydrogen-bond acceptors (Lipinski definition) is 4. The number of carbonyl (C=O) groups is 1. The monoisotopic (exact) mass is 280 g/mol. The second-order valence-corrected chi connectivity index (χ2v) is 6.01. The molecule has 1 atom stereocenters. The molecule has 0 radical (unpaired) electrons. The molecule has 0 saturated heterocycles. The minimum Gasteiger partial charge on any atom is -0.508 e. The number of hydrogen-bond donors (Lipinski definition) is 4. The lowest BCUT2D eigenvalue weighted by Crippen LogP contribution is -2.41. The molecule has 0 aromatic heterocycles. The molecule has 1 aromatic rings. The van der Waals surface area contributed by atoms with Gasteiger partial charge < -0.3 is 20.8 Å². The SMILES string of the molecule is CC(NCCC(=O)NC(C)(C)C)c1cc(O)cc(O)c1. The van der Waals surface area contributed by atoms with E-state index in [1.807, 2.05) is 27.7 Å². The molecule has 4 N–H and O–H groups in total. The summed E-state index contributed by atoms with van der Waals surface area (Å²) in [5, 5.41) is 24.9. The molecule has 0 spiro atoms. The fourth-order valence-corrected chi connectivity index (χ4v) is 1.87. The Balaban J connectivity index is 2.44. The summed E-state index contributed by atoms with van der Waals surface area (Å²) in [5.41, 5.74) is 0.554. The Labute approximate surface area is 120 Å². The van der Waals surface area contributed by atoms with Gasteiger partial charge in [0.1, 0.15) is 11.5 Å². The minimum atomic E-state index is -0.223. The van der Waals surface area contributed by atoms with Crippen molar-refractivity contribution >= 4 is 5.91 Å². The highest BCUT2D eigenvalue weighted by atomic mass is 16.3. The molecule has 1 aromatic carbocycles. The third-order valence-electron chi connectivity index (χ3n) is 2.74. The van der Waals surface area contributed by atoms with Crippen LogP contribution in [0, 0.1) is 0 Å². The predicted molar refractivity (Wildman–Crippen MR) is 78.7 cm³/mol. The van der Waals surface area contributed by atoms with Gasteiger partial charge in [-0.3, -0.25) is 4.79 Å². The van der Waals surface area contributed by atoms with E-state index in [1.165, 1.54) is 6.07 Å². The van der Waals surface area contributed by atoms with Crippen molar-refractivity contribution in [1.82, 2.24) is 10.6 Å². The molecule has 1 unspecified atom stereocenters. The van der Waals surface area contributed by atoms with Crippen molar-refractivity contribution in [2.24, 2.45) is 0 Å². The molecule has 5 nitrogen and oxygen atoms in total. The van der Waals surface area contributed by atoms with E-state index < -0.39 is 0 Å². The topological polar surface area (TPSA) is 81.6 Å². The summed E-state index contributed by atoms with van der Waals surface area (Å²) in [6.07, 6.45) is 0.381. The van der Waals surface area contributed by atoms with E-state index in [1.54, 1.807) is 12.1 Å². The number of nitrogens with one attached hydrogen (secondary N) is 2. The lowest BCUT2D eigenvalue weighted by atomic mass is 10.1. The van der Waals surface area contributed by atoms with Crippen LogP contribution in [0.5, 0.6) is 11.5 Å². The van der Waals surface area contributed by atoms with Crippen molar-refractivity contribution in [3.63, 3.8) is 0 Å². The maximum Gasteiger partial charge on any atom is 0.221 e. The van der Waals surface area contributed by atoms with E-state index in [4.69, 9.17) is 0 Å². The van der Waals surface area contributed by atoms with E-state index in [2.05, 4.69) is 10.6 Å². The van der Waals surface area contributed by atoms with E-state index in [0.29, 0.717) is 13.0 Å². The van der Waals surface area contributed by atoms with E-state index >= 15 is 0 Å². The summed E-state index contributed by atoms with van der Waals surface area (Å²) in [6.45, 7) is 8.26. The summed E-state index contributed by atoms with van der Waals surface area (Å²) in [4.78, 5) is 11.7. The average molecular weight is 280 g/mol. The van der Waals surface area contributed by atoms with Crippen LogP contribution in [-0.4, -0.2) is 28.2 Å². The zero-order valence-corrected chi connectivity index (χ0v) is 12.5. The number of rotatable bonds is 5. The summed E-state index contributed by atoms with van der Waals surface area (Å²) in [5.74, 6) is 0.0502. The van der Waals surface area contributed by atoms with E-state index in [0.717, 1.165) is 5.56 Å². The van der Waals surface area contributed by atoms with Gasteiger partial charge in [-0.2, -0.15) is 0 Å². The highest BCUT2D eigenvalue weighted by molar-refractivity contribution is 5.76. The molecule has 5 heteroatoms. The molecule has 0 heterocycles. The van der Waals surface area contributed by atoms with Crippen molar-refractivity contribution in [1.29, 1.82) is 0 Å². The number of phenolic OH excluding ortho intramolecular Hbond substituents is 2. The van der Waals surface area contributed by atoms with Gasteiger partial charge in [-0.25, -0.2) is 0 Å². The van der Waals surface area contributed by atoms with Crippen molar-refractivity contribution in [3.05, 3.63) is 23.8 Å². The van der Waals surface area contributed by atoms with Crippen LogP contribution in [0.25, 0.3) is 0 Å². The Morgan fingerprint density at radius 1 is 1.20 bits per heavy atom. The molecule has 1 amide bonds. The summed E-state index contributed by atoms with van der Waals surface area (Å²) < 4.78 is 0. The van der Waals surface area contributed by atoms with Crippen molar-refractivity contribution in [2.75, 3.05) is 6.54 Å². The smallest absolute Gasteiger partial charge is 0.221 e. The fourth-order valence-electron chi connectivity index (χ4n) is 1.87. The molecule has 112 valence electrons.